The lowest BCUT2D eigenvalue weighted by Crippen LogP contribution is -1.74. The Bertz CT molecular complexity index is 450. The molecule has 2 rings (SSSR count). The van der Waals surface area contributed by atoms with E-state index in [1.807, 2.05) is 18.2 Å². The van der Waals surface area contributed by atoms with Gasteiger partial charge < -0.3 is 10.2 Å². The molecule has 0 spiro atoms. The monoisotopic (exact) mass is 258 g/mol. The number of aliphatic hydroxyl groups excluding tert-OH is 1. The smallest absolute Gasteiger partial charge is 0.139 e. The van der Waals surface area contributed by atoms with Crippen molar-refractivity contribution in [3.8, 4) is 5.75 Å². The minimum atomic E-state index is -0.108. The lowest BCUT2D eigenvalue weighted by atomic mass is 10.2. The van der Waals surface area contributed by atoms with Gasteiger partial charge in [-0.1, -0.05) is 15.9 Å². The molecule has 0 fully saturated rings. The van der Waals surface area contributed by atoms with Gasteiger partial charge in [0.2, 0.25) is 0 Å². The Kier molecular flexibility index (Phi) is 2.27. The van der Waals surface area contributed by atoms with E-state index in [9.17, 15) is 5.11 Å². The third-order valence-corrected chi connectivity index (χ3v) is 3.48. The van der Waals surface area contributed by atoms with E-state index in [4.69, 9.17) is 5.11 Å². The molecular weight excluding hydrogens is 252 g/mol. The molecule has 0 radical (unpaired) electrons. The third kappa shape index (κ3) is 1.45. The molecule has 0 atom stereocenters. The molecule has 0 amide bonds. The summed E-state index contributed by atoms with van der Waals surface area (Å²) in [4.78, 5) is 0.619. The molecule has 68 valence electrons. The molecule has 2 aromatic rings. The van der Waals surface area contributed by atoms with Crippen molar-refractivity contribution in [3.05, 3.63) is 27.5 Å². The van der Waals surface area contributed by atoms with E-state index in [0.717, 1.165) is 14.6 Å². The standard InChI is InChI=1S/C9H7BrO2S/c10-5-1-2-7-6(3-5)9(12)8(4-11)13-7/h1-3,11-12H,4H2. The summed E-state index contributed by atoms with van der Waals surface area (Å²) in [5.74, 6) is 0.198. The van der Waals surface area contributed by atoms with E-state index in [1.54, 1.807) is 0 Å². The number of aromatic hydroxyl groups is 1. The van der Waals surface area contributed by atoms with Gasteiger partial charge in [-0.15, -0.1) is 11.3 Å². The lowest BCUT2D eigenvalue weighted by Gasteiger charge is -1.92. The van der Waals surface area contributed by atoms with Gasteiger partial charge in [-0.05, 0) is 18.2 Å². The summed E-state index contributed by atoms with van der Waals surface area (Å²) in [6.07, 6.45) is 0. The lowest BCUT2D eigenvalue weighted by molar-refractivity contribution is 0.280. The number of fused-ring (bicyclic) bond motifs is 1. The summed E-state index contributed by atoms with van der Waals surface area (Å²) in [6, 6.07) is 5.68. The van der Waals surface area contributed by atoms with Gasteiger partial charge in [0.05, 0.1) is 11.5 Å². The summed E-state index contributed by atoms with van der Waals surface area (Å²) in [6.45, 7) is -0.108. The molecular formula is C9H7BrO2S. The van der Waals surface area contributed by atoms with Crippen LogP contribution in [0.15, 0.2) is 22.7 Å². The first-order valence-electron chi connectivity index (χ1n) is 3.73. The van der Waals surface area contributed by atoms with Gasteiger partial charge in [0, 0.05) is 14.6 Å². The normalized spacial score (nSPS) is 10.9. The van der Waals surface area contributed by atoms with Crippen molar-refractivity contribution in [2.24, 2.45) is 0 Å². The minimum Gasteiger partial charge on any atom is -0.506 e. The van der Waals surface area contributed by atoms with Crippen LogP contribution in [0.25, 0.3) is 10.1 Å². The maximum atomic E-state index is 9.64. The average Bonchev–Trinajstić information content (AvgIpc) is 2.44. The van der Waals surface area contributed by atoms with Crippen molar-refractivity contribution in [1.29, 1.82) is 0 Å². The van der Waals surface area contributed by atoms with Gasteiger partial charge in [0.15, 0.2) is 0 Å². The minimum absolute atomic E-state index is 0.108. The molecule has 1 aromatic carbocycles. The highest BCUT2D eigenvalue weighted by atomic mass is 79.9. The van der Waals surface area contributed by atoms with Crippen molar-refractivity contribution >= 4 is 37.4 Å². The Morgan fingerprint density at radius 1 is 1.38 bits per heavy atom. The highest BCUT2D eigenvalue weighted by Crippen LogP contribution is 2.37. The number of thiophene rings is 1. The molecule has 0 saturated heterocycles. The van der Waals surface area contributed by atoms with Crippen LogP contribution in [0.2, 0.25) is 0 Å². The highest BCUT2D eigenvalue weighted by Gasteiger charge is 2.09. The van der Waals surface area contributed by atoms with Gasteiger partial charge in [-0.2, -0.15) is 0 Å². The topological polar surface area (TPSA) is 40.5 Å². The van der Waals surface area contributed by atoms with Crippen molar-refractivity contribution in [3.63, 3.8) is 0 Å². The second-order valence-corrected chi connectivity index (χ2v) is 4.72. The number of halogens is 1. The third-order valence-electron chi connectivity index (χ3n) is 1.84. The summed E-state index contributed by atoms with van der Waals surface area (Å²) in [5, 5.41) is 19.4. The molecule has 0 bridgehead atoms. The van der Waals surface area contributed by atoms with Crippen LogP contribution >= 0.6 is 27.3 Å². The van der Waals surface area contributed by atoms with E-state index in [1.165, 1.54) is 11.3 Å². The van der Waals surface area contributed by atoms with Crippen LogP contribution in [-0.4, -0.2) is 10.2 Å². The van der Waals surface area contributed by atoms with Crippen molar-refractivity contribution in [1.82, 2.24) is 0 Å². The Labute approximate surface area is 87.6 Å². The van der Waals surface area contributed by atoms with Gasteiger partial charge >= 0.3 is 0 Å². The predicted octanol–water partition coefficient (Wildman–Crippen LogP) is 2.86. The molecule has 0 unspecified atom stereocenters. The Balaban J connectivity index is 2.77. The van der Waals surface area contributed by atoms with Crippen LogP contribution in [0, 0.1) is 0 Å². The number of rotatable bonds is 1. The first kappa shape index (κ1) is 8.99. The fourth-order valence-electron chi connectivity index (χ4n) is 1.21. The number of hydrogen-bond donors (Lipinski definition) is 2. The Morgan fingerprint density at radius 3 is 2.85 bits per heavy atom. The molecule has 2 nitrogen and oxygen atoms in total. The second-order valence-electron chi connectivity index (χ2n) is 2.67. The zero-order chi connectivity index (χ0) is 9.42. The van der Waals surface area contributed by atoms with Gasteiger partial charge in [-0.25, -0.2) is 0 Å². The summed E-state index contributed by atoms with van der Waals surface area (Å²) >= 11 is 4.74. The zero-order valence-electron chi connectivity index (χ0n) is 6.62. The molecule has 1 heterocycles. The Morgan fingerprint density at radius 2 is 2.15 bits per heavy atom. The molecule has 0 saturated carbocycles. The van der Waals surface area contributed by atoms with Crippen LogP contribution in [0.3, 0.4) is 0 Å². The summed E-state index contributed by atoms with van der Waals surface area (Å²) in [7, 11) is 0. The quantitative estimate of drug-likeness (QED) is 0.826. The SMILES string of the molecule is OCc1sc2ccc(Br)cc2c1O. The Hall–Kier alpha value is -0.580. The van der Waals surface area contributed by atoms with E-state index in [2.05, 4.69) is 15.9 Å². The number of hydrogen-bond acceptors (Lipinski definition) is 3. The molecule has 0 aliphatic carbocycles. The average molecular weight is 259 g/mol. The van der Waals surface area contributed by atoms with Crippen LogP contribution in [0.4, 0.5) is 0 Å². The second kappa shape index (κ2) is 3.29. The molecule has 13 heavy (non-hydrogen) atoms. The van der Waals surface area contributed by atoms with E-state index >= 15 is 0 Å². The van der Waals surface area contributed by atoms with Crippen LogP contribution < -0.4 is 0 Å². The first-order chi connectivity index (χ1) is 6.22. The van der Waals surface area contributed by atoms with Crippen molar-refractivity contribution in [2.75, 3.05) is 0 Å². The molecule has 4 heteroatoms. The van der Waals surface area contributed by atoms with E-state index in [0.29, 0.717) is 4.88 Å². The van der Waals surface area contributed by atoms with Crippen molar-refractivity contribution < 1.29 is 10.2 Å². The number of aliphatic hydroxyl groups is 1. The fraction of sp³-hybridized carbons (Fsp3) is 0.111. The fourth-order valence-corrected chi connectivity index (χ4v) is 2.51. The molecule has 0 aliphatic rings. The van der Waals surface area contributed by atoms with E-state index in [-0.39, 0.29) is 12.4 Å². The summed E-state index contributed by atoms with van der Waals surface area (Å²) in [5.41, 5.74) is 0. The molecule has 1 aromatic heterocycles. The highest BCUT2D eigenvalue weighted by molar-refractivity contribution is 9.10. The molecule has 2 N–H and O–H groups in total. The van der Waals surface area contributed by atoms with Gasteiger partial charge in [0.1, 0.15) is 5.75 Å². The predicted molar refractivity (Wildman–Crippen MR) is 57.1 cm³/mol. The first-order valence-corrected chi connectivity index (χ1v) is 5.34. The van der Waals surface area contributed by atoms with Gasteiger partial charge in [-0.3, -0.25) is 0 Å². The maximum Gasteiger partial charge on any atom is 0.139 e. The van der Waals surface area contributed by atoms with Gasteiger partial charge in [0.25, 0.3) is 0 Å². The zero-order valence-corrected chi connectivity index (χ0v) is 9.02. The maximum absolute atomic E-state index is 9.64. The van der Waals surface area contributed by atoms with Crippen LogP contribution in [-0.2, 0) is 6.61 Å². The van der Waals surface area contributed by atoms with Crippen molar-refractivity contribution in [2.45, 2.75) is 6.61 Å². The largest absolute Gasteiger partial charge is 0.506 e. The number of benzene rings is 1. The summed E-state index contributed by atoms with van der Waals surface area (Å²) < 4.78 is 1.92. The van der Waals surface area contributed by atoms with E-state index < -0.39 is 0 Å². The molecule has 0 aliphatic heterocycles. The van der Waals surface area contributed by atoms with Crippen LogP contribution in [0.5, 0.6) is 5.75 Å². The van der Waals surface area contributed by atoms with Crippen LogP contribution in [0.1, 0.15) is 4.88 Å².